The molecule has 0 bridgehead atoms. The third kappa shape index (κ3) is 4.95. The molecule has 2 aromatic rings. The number of hydrogen-bond acceptors (Lipinski definition) is 5. The topological polar surface area (TPSA) is 84.5 Å². The number of carbonyl (C=O) groups excluding carboxylic acids is 3. The second-order valence-corrected chi connectivity index (χ2v) is 7.48. The summed E-state index contributed by atoms with van der Waals surface area (Å²) in [5, 5.41) is 7.70. The Morgan fingerprint density at radius 2 is 2.11 bits per heavy atom. The minimum Gasteiger partial charge on any atom is -0.469 e. The molecule has 1 aliphatic heterocycles. The van der Waals surface area contributed by atoms with Crippen LogP contribution in [0.4, 0.5) is 5.69 Å². The fraction of sp³-hybridized carbons (Fsp3) is 0.350. The van der Waals surface area contributed by atoms with E-state index < -0.39 is 6.04 Å². The first-order valence-electron chi connectivity index (χ1n) is 8.85. The van der Waals surface area contributed by atoms with Crippen molar-refractivity contribution in [2.24, 2.45) is 5.92 Å². The van der Waals surface area contributed by atoms with Crippen LogP contribution in [0.15, 0.2) is 41.8 Å². The summed E-state index contributed by atoms with van der Waals surface area (Å²) in [7, 11) is 1.33. The molecule has 0 aliphatic carbocycles. The van der Waals surface area contributed by atoms with Crippen molar-refractivity contribution < 1.29 is 19.1 Å². The molecule has 27 heavy (non-hydrogen) atoms. The van der Waals surface area contributed by atoms with Crippen LogP contribution in [0.2, 0.25) is 0 Å². The summed E-state index contributed by atoms with van der Waals surface area (Å²) in [6.45, 7) is 0. The predicted molar refractivity (Wildman–Crippen MR) is 103 cm³/mol. The number of hydrogen-bond donors (Lipinski definition) is 2. The van der Waals surface area contributed by atoms with Gasteiger partial charge in [-0.2, -0.15) is 0 Å². The molecule has 0 spiro atoms. The highest BCUT2D eigenvalue weighted by Gasteiger charge is 2.27. The molecular weight excluding hydrogens is 364 g/mol. The first-order chi connectivity index (χ1) is 13.1. The summed E-state index contributed by atoms with van der Waals surface area (Å²) < 4.78 is 4.72. The van der Waals surface area contributed by atoms with Gasteiger partial charge in [0.25, 0.3) is 0 Å². The van der Waals surface area contributed by atoms with Gasteiger partial charge in [0.2, 0.25) is 11.8 Å². The molecule has 6 nitrogen and oxygen atoms in total. The molecule has 3 rings (SSSR count). The lowest BCUT2D eigenvalue weighted by molar-refractivity contribution is -0.141. The first-order valence-corrected chi connectivity index (χ1v) is 9.73. The Kier molecular flexibility index (Phi) is 6.24. The molecule has 0 radical (unpaired) electrons. The number of rotatable bonds is 7. The van der Waals surface area contributed by atoms with E-state index in [9.17, 15) is 14.4 Å². The molecule has 0 fully saturated rings. The van der Waals surface area contributed by atoms with Crippen LogP contribution in [0.3, 0.4) is 0 Å². The van der Waals surface area contributed by atoms with Gasteiger partial charge in [0, 0.05) is 22.9 Å². The minimum atomic E-state index is -0.411. The lowest BCUT2D eigenvalue weighted by Gasteiger charge is -2.24. The number of fused-ring (bicyclic) bond motifs is 1. The molecule has 1 aliphatic rings. The maximum Gasteiger partial charge on any atom is 0.307 e. The molecule has 1 aromatic heterocycles. The summed E-state index contributed by atoms with van der Waals surface area (Å²) in [5.74, 6) is -0.835. The number of nitrogens with one attached hydrogen (secondary N) is 2. The number of ether oxygens (including phenoxy) is 1. The zero-order valence-corrected chi connectivity index (χ0v) is 15.9. The Bertz CT molecular complexity index is 819. The molecule has 2 heterocycles. The van der Waals surface area contributed by atoms with Gasteiger partial charge in [-0.25, -0.2) is 0 Å². The third-order valence-corrected chi connectivity index (χ3v) is 5.64. The van der Waals surface area contributed by atoms with Crippen LogP contribution in [0, 0.1) is 5.92 Å². The summed E-state index contributed by atoms with van der Waals surface area (Å²) in [6.07, 6.45) is 1.40. The van der Waals surface area contributed by atoms with Crippen LogP contribution in [-0.4, -0.2) is 24.9 Å². The first kappa shape index (κ1) is 19.1. The van der Waals surface area contributed by atoms with E-state index in [2.05, 4.69) is 10.6 Å². The second kappa shape index (κ2) is 8.81. The second-order valence-electron chi connectivity index (χ2n) is 6.50. The van der Waals surface area contributed by atoms with Gasteiger partial charge in [-0.05, 0) is 35.9 Å². The Balaban J connectivity index is 1.56. The van der Waals surface area contributed by atoms with Crippen molar-refractivity contribution in [2.45, 2.75) is 31.7 Å². The number of para-hydroxylation sites is 1. The van der Waals surface area contributed by atoms with Gasteiger partial charge >= 0.3 is 5.97 Å². The van der Waals surface area contributed by atoms with Crippen molar-refractivity contribution in [3.63, 3.8) is 0 Å². The summed E-state index contributed by atoms with van der Waals surface area (Å²) in [6, 6.07) is 11.0. The lowest BCUT2D eigenvalue weighted by atomic mass is 9.89. The van der Waals surface area contributed by atoms with E-state index in [1.54, 1.807) is 0 Å². The average Bonchev–Trinajstić information content (AvgIpc) is 3.20. The third-order valence-electron chi connectivity index (χ3n) is 4.65. The Hall–Kier alpha value is -2.67. The number of thiophene rings is 1. The highest BCUT2D eigenvalue weighted by Crippen LogP contribution is 2.28. The number of benzene rings is 1. The van der Waals surface area contributed by atoms with Crippen molar-refractivity contribution in [3.05, 3.63) is 52.2 Å². The fourth-order valence-corrected chi connectivity index (χ4v) is 3.96. The van der Waals surface area contributed by atoms with Gasteiger partial charge in [0.15, 0.2) is 0 Å². The van der Waals surface area contributed by atoms with Crippen molar-refractivity contribution in [2.75, 3.05) is 12.4 Å². The van der Waals surface area contributed by atoms with Gasteiger partial charge in [-0.15, -0.1) is 11.3 Å². The van der Waals surface area contributed by atoms with Crippen molar-refractivity contribution in [1.29, 1.82) is 0 Å². The monoisotopic (exact) mass is 386 g/mol. The molecule has 142 valence electrons. The zero-order chi connectivity index (χ0) is 19.2. The van der Waals surface area contributed by atoms with Crippen molar-refractivity contribution >= 4 is 34.8 Å². The van der Waals surface area contributed by atoms with E-state index in [0.29, 0.717) is 12.8 Å². The minimum absolute atomic E-state index is 0.0501. The maximum atomic E-state index is 12.4. The van der Waals surface area contributed by atoms with Crippen LogP contribution in [0.1, 0.15) is 35.7 Å². The molecule has 1 aromatic carbocycles. The summed E-state index contributed by atoms with van der Waals surface area (Å²) in [4.78, 5) is 37.2. The number of methoxy groups -OCH3 is 1. The number of carbonyl (C=O) groups is 3. The van der Waals surface area contributed by atoms with Crippen LogP contribution >= 0.6 is 11.3 Å². The fourth-order valence-electron chi connectivity index (χ4n) is 3.18. The maximum absolute atomic E-state index is 12.4. The molecular formula is C20H22N2O4S. The number of esters is 1. The summed E-state index contributed by atoms with van der Waals surface area (Å²) >= 11 is 1.48. The molecule has 2 amide bonds. The normalized spacial score (nSPS) is 16.8. The molecule has 7 heteroatoms. The predicted octanol–water partition coefficient (Wildman–Crippen LogP) is 3.06. The largest absolute Gasteiger partial charge is 0.469 e. The van der Waals surface area contributed by atoms with E-state index in [4.69, 9.17) is 4.74 Å². The number of amides is 2. The Morgan fingerprint density at radius 1 is 1.30 bits per heavy atom. The Labute approximate surface area is 161 Å². The highest BCUT2D eigenvalue weighted by molar-refractivity contribution is 7.10. The van der Waals surface area contributed by atoms with Crippen molar-refractivity contribution in [1.82, 2.24) is 5.32 Å². The Morgan fingerprint density at radius 3 is 2.85 bits per heavy atom. The van der Waals surface area contributed by atoms with E-state index in [0.717, 1.165) is 16.1 Å². The van der Waals surface area contributed by atoms with Crippen LogP contribution in [-0.2, 0) is 25.5 Å². The lowest BCUT2D eigenvalue weighted by Crippen LogP contribution is -2.33. The van der Waals surface area contributed by atoms with Crippen LogP contribution in [0.5, 0.6) is 0 Å². The molecule has 2 N–H and O–H groups in total. The molecule has 2 atom stereocenters. The van der Waals surface area contributed by atoms with E-state index >= 15 is 0 Å². The van der Waals surface area contributed by atoms with Gasteiger partial charge in [-0.3, -0.25) is 14.4 Å². The average molecular weight is 386 g/mol. The quantitative estimate of drug-likeness (QED) is 0.717. The SMILES string of the molecule is COC(=O)CC(NC(=O)CCC1Cc2ccccc2NC1=O)c1cccs1. The molecule has 0 saturated carbocycles. The van der Waals surface area contributed by atoms with E-state index in [-0.39, 0.29) is 36.5 Å². The van der Waals surface area contributed by atoms with E-state index in [1.165, 1.54) is 18.4 Å². The standard InChI is InChI=1S/C20H22N2O4S/c1-26-19(24)12-16(17-7-4-10-27-17)21-18(23)9-8-14-11-13-5-2-3-6-15(13)22-20(14)25/h2-7,10,14,16H,8-9,11-12H2,1H3,(H,21,23)(H,22,25). The van der Waals surface area contributed by atoms with Crippen LogP contribution < -0.4 is 10.6 Å². The van der Waals surface area contributed by atoms with Crippen LogP contribution in [0.25, 0.3) is 0 Å². The van der Waals surface area contributed by atoms with E-state index in [1.807, 2.05) is 41.8 Å². The smallest absolute Gasteiger partial charge is 0.307 e. The molecule has 2 unspecified atom stereocenters. The number of anilines is 1. The van der Waals surface area contributed by atoms with Gasteiger partial charge in [0.05, 0.1) is 19.6 Å². The van der Waals surface area contributed by atoms with Crippen molar-refractivity contribution in [3.8, 4) is 0 Å². The summed E-state index contributed by atoms with van der Waals surface area (Å²) in [5.41, 5.74) is 1.93. The van der Waals surface area contributed by atoms with Gasteiger partial charge in [-0.1, -0.05) is 24.3 Å². The zero-order valence-electron chi connectivity index (χ0n) is 15.1. The molecule has 0 saturated heterocycles. The van der Waals surface area contributed by atoms with Gasteiger partial charge in [0.1, 0.15) is 0 Å². The van der Waals surface area contributed by atoms with Gasteiger partial charge < -0.3 is 15.4 Å². The highest BCUT2D eigenvalue weighted by atomic mass is 32.1.